The maximum Gasteiger partial charge on any atom is 0.514 e. The molecule has 10 nitrogen and oxygen atoms in total. The summed E-state index contributed by atoms with van der Waals surface area (Å²) in [5, 5.41) is 12.4. The molecule has 46 heavy (non-hydrogen) atoms. The van der Waals surface area contributed by atoms with E-state index >= 15 is 0 Å². The molecule has 4 rings (SSSR count). The molecule has 1 aliphatic carbocycles. The van der Waals surface area contributed by atoms with Crippen LogP contribution >= 0.6 is 0 Å². The van der Waals surface area contributed by atoms with E-state index in [-0.39, 0.29) is 37.5 Å². The topological polar surface area (TPSA) is 137 Å². The van der Waals surface area contributed by atoms with Crippen LogP contribution in [0.4, 0.5) is 9.59 Å². The van der Waals surface area contributed by atoms with E-state index in [2.05, 4.69) is 5.32 Å². The first-order valence-electron chi connectivity index (χ1n) is 15.2. The monoisotopic (exact) mass is 631 g/mol. The first-order valence-corrected chi connectivity index (χ1v) is 15.2. The number of rotatable bonds is 10. The van der Waals surface area contributed by atoms with Gasteiger partial charge in [0.15, 0.2) is 0 Å². The van der Waals surface area contributed by atoms with Crippen LogP contribution in [-0.2, 0) is 36.6 Å². The number of esters is 1. The number of ether oxygens (including phenoxy) is 4. The van der Waals surface area contributed by atoms with E-state index in [4.69, 9.17) is 18.9 Å². The van der Waals surface area contributed by atoms with Gasteiger partial charge in [0.05, 0.1) is 0 Å². The Hall–Kier alpha value is -4.86. The highest BCUT2D eigenvalue weighted by Crippen LogP contribution is 2.44. The molecule has 0 heterocycles. The maximum atomic E-state index is 12.9. The lowest BCUT2D eigenvalue weighted by molar-refractivity contribution is -0.154. The predicted octanol–water partition coefficient (Wildman–Crippen LogP) is 6.81. The average molecular weight is 632 g/mol. The van der Waals surface area contributed by atoms with Gasteiger partial charge in [0.1, 0.15) is 29.6 Å². The molecule has 0 saturated carbocycles. The van der Waals surface area contributed by atoms with Gasteiger partial charge in [0.2, 0.25) is 0 Å². The van der Waals surface area contributed by atoms with Crippen molar-refractivity contribution in [2.24, 2.45) is 0 Å². The number of amides is 1. The van der Waals surface area contributed by atoms with Gasteiger partial charge in [-0.15, -0.1) is 0 Å². The SMILES string of the molecule is CC(C)(C)OC(=O)CCc1cc(C[C@H](NC(=O)OCC2c3ccccc3-c3ccccc32)C(=O)O)ccc1OC(=O)OC(C)(C)C. The molecule has 0 bridgehead atoms. The second-order valence-electron chi connectivity index (χ2n) is 13.2. The Labute approximate surface area is 269 Å². The molecule has 0 radical (unpaired) electrons. The quantitative estimate of drug-likeness (QED) is 0.140. The Bertz CT molecular complexity index is 1550. The molecule has 244 valence electrons. The number of aryl methyl sites for hydroxylation is 1. The summed E-state index contributed by atoms with van der Waals surface area (Å²) in [6.07, 6.45) is -1.72. The van der Waals surface area contributed by atoms with Gasteiger partial charge < -0.3 is 29.4 Å². The van der Waals surface area contributed by atoms with Crippen LogP contribution in [0.15, 0.2) is 66.7 Å². The Balaban J connectivity index is 1.45. The number of aliphatic carboxylic acids is 1. The van der Waals surface area contributed by atoms with Crippen LogP contribution in [0, 0.1) is 0 Å². The summed E-state index contributed by atoms with van der Waals surface area (Å²) in [6.45, 7) is 10.4. The lowest BCUT2D eigenvalue weighted by atomic mass is 9.98. The lowest BCUT2D eigenvalue weighted by Gasteiger charge is -2.21. The number of fused-ring (bicyclic) bond motifs is 3. The lowest BCUT2D eigenvalue weighted by Crippen LogP contribution is -2.43. The fourth-order valence-electron chi connectivity index (χ4n) is 5.26. The maximum absolute atomic E-state index is 12.9. The van der Waals surface area contributed by atoms with Crippen molar-refractivity contribution >= 4 is 24.2 Å². The fraction of sp³-hybridized carbons (Fsp3) is 0.389. The number of carbonyl (C=O) groups excluding carboxylic acids is 3. The number of carboxylic acids is 1. The fourth-order valence-corrected chi connectivity index (χ4v) is 5.26. The first kappa shape index (κ1) is 34.0. The number of nitrogens with one attached hydrogen (secondary N) is 1. The zero-order valence-corrected chi connectivity index (χ0v) is 27.0. The number of alkyl carbamates (subject to hydrolysis) is 1. The Kier molecular flexibility index (Phi) is 10.4. The van der Waals surface area contributed by atoms with Crippen LogP contribution in [0.1, 0.15) is 76.1 Å². The number of hydrogen-bond donors (Lipinski definition) is 2. The van der Waals surface area contributed by atoms with E-state index in [0.717, 1.165) is 22.3 Å². The highest BCUT2D eigenvalue weighted by Gasteiger charge is 2.30. The molecule has 2 N–H and O–H groups in total. The van der Waals surface area contributed by atoms with Gasteiger partial charge in [0.25, 0.3) is 0 Å². The van der Waals surface area contributed by atoms with Crippen molar-refractivity contribution in [2.45, 2.75) is 84.0 Å². The molecule has 1 aliphatic rings. The van der Waals surface area contributed by atoms with Crippen LogP contribution in [0.2, 0.25) is 0 Å². The highest BCUT2D eigenvalue weighted by molar-refractivity contribution is 5.81. The summed E-state index contributed by atoms with van der Waals surface area (Å²) in [7, 11) is 0. The number of hydrogen-bond acceptors (Lipinski definition) is 8. The highest BCUT2D eigenvalue weighted by atomic mass is 16.7. The van der Waals surface area contributed by atoms with Gasteiger partial charge in [0, 0.05) is 18.8 Å². The second kappa shape index (κ2) is 14.1. The van der Waals surface area contributed by atoms with E-state index < -0.39 is 41.4 Å². The Morgan fingerprint density at radius 1 is 0.826 bits per heavy atom. The molecule has 0 unspecified atom stereocenters. The van der Waals surface area contributed by atoms with Crippen molar-refractivity contribution < 1.29 is 43.2 Å². The van der Waals surface area contributed by atoms with Gasteiger partial charge in [-0.25, -0.2) is 14.4 Å². The molecule has 0 spiro atoms. The van der Waals surface area contributed by atoms with Gasteiger partial charge in [-0.05, 0) is 87.4 Å². The number of benzene rings is 3. The summed E-state index contributed by atoms with van der Waals surface area (Å²) in [5.41, 5.74) is 3.79. The zero-order valence-electron chi connectivity index (χ0n) is 27.0. The molecule has 3 aromatic rings. The smallest absolute Gasteiger partial charge is 0.480 e. The first-order chi connectivity index (χ1) is 21.6. The Morgan fingerprint density at radius 2 is 1.41 bits per heavy atom. The van der Waals surface area contributed by atoms with Crippen LogP contribution < -0.4 is 10.1 Å². The van der Waals surface area contributed by atoms with E-state index in [1.165, 1.54) is 6.07 Å². The Morgan fingerprint density at radius 3 is 1.98 bits per heavy atom. The van der Waals surface area contributed by atoms with Gasteiger partial charge in [-0.2, -0.15) is 0 Å². The molecule has 3 aromatic carbocycles. The van der Waals surface area contributed by atoms with Gasteiger partial charge >= 0.3 is 24.2 Å². The minimum absolute atomic E-state index is 0.00817. The van der Waals surface area contributed by atoms with Crippen LogP contribution in [0.3, 0.4) is 0 Å². The predicted molar refractivity (Wildman–Crippen MR) is 171 cm³/mol. The number of carboxylic acid groups (broad SMARTS) is 1. The van der Waals surface area contributed by atoms with E-state index in [1.54, 1.807) is 53.7 Å². The summed E-state index contributed by atoms with van der Waals surface area (Å²) < 4.78 is 21.7. The molecule has 0 aliphatic heterocycles. The van der Waals surface area contributed by atoms with Crippen molar-refractivity contribution in [3.05, 3.63) is 89.0 Å². The summed E-state index contributed by atoms with van der Waals surface area (Å²) in [5.74, 6) is -1.70. The molecule has 0 aromatic heterocycles. The second-order valence-corrected chi connectivity index (χ2v) is 13.2. The van der Waals surface area contributed by atoms with Crippen molar-refractivity contribution in [1.29, 1.82) is 0 Å². The van der Waals surface area contributed by atoms with Crippen molar-refractivity contribution in [3.8, 4) is 16.9 Å². The average Bonchev–Trinajstić information content (AvgIpc) is 3.27. The third-order valence-corrected chi connectivity index (χ3v) is 7.10. The standard InChI is InChI=1S/C36H41NO9/c1-35(2,3)45-31(38)18-16-23-19-22(15-17-30(23)44-34(42)46-36(4,5)6)20-29(32(39)40)37-33(41)43-21-28-26-13-9-7-11-24(26)25-12-8-10-14-27(25)28/h7-15,17,19,28-29H,16,18,20-21H2,1-6H3,(H,37,41)(H,39,40)/t29-/m0/s1. The molecule has 1 amide bonds. The third kappa shape index (κ3) is 9.32. The molecule has 10 heteroatoms. The number of carbonyl (C=O) groups is 4. The van der Waals surface area contributed by atoms with Crippen molar-refractivity contribution in [2.75, 3.05) is 6.61 Å². The minimum atomic E-state index is -1.31. The zero-order chi connectivity index (χ0) is 33.6. The third-order valence-electron chi connectivity index (χ3n) is 7.10. The minimum Gasteiger partial charge on any atom is -0.480 e. The van der Waals surface area contributed by atoms with Crippen molar-refractivity contribution in [1.82, 2.24) is 5.32 Å². The van der Waals surface area contributed by atoms with E-state index in [1.807, 2.05) is 48.5 Å². The van der Waals surface area contributed by atoms with E-state index in [9.17, 15) is 24.3 Å². The molecule has 0 saturated heterocycles. The van der Waals surface area contributed by atoms with E-state index in [0.29, 0.717) is 11.1 Å². The van der Waals surface area contributed by atoms with Crippen LogP contribution in [0.5, 0.6) is 5.75 Å². The molecular weight excluding hydrogens is 590 g/mol. The summed E-state index contributed by atoms with van der Waals surface area (Å²) >= 11 is 0. The molecule has 0 fully saturated rings. The van der Waals surface area contributed by atoms with Crippen molar-refractivity contribution in [3.63, 3.8) is 0 Å². The molecule has 1 atom stereocenters. The van der Waals surface area contributed by atoms with Crippen LogP contribution in [-0.4, -0.2) is 53.1 Å². The largest absolute Gasteiger partial charge is 0.514 e. The van der Waals surface area contributed by atoms with Gasteiger partial charge in [-0.3, -0.25) is 4.79 Å². The summed E-state index contributed by atoms with van der Waals surface area (Å²) in [4.78, 5) is 49.9. The van der Waals surface area contributed by atoms with Crippen LogP contribution in [0.25, 0.3) is 11.1 Å². The normalized spacial score (nSPS) is 13.2. The molecular formula is C36H41NO9. The summed E-state index contributed by atoms with van der Waals surface area (Å²) in [6, 6.07) is 19.3. The van der Waals surface area contributed by atoms with Gasteiger partial charge in [-0.1, -0.05) is 60.7 Å².